The number of aryl methyl sites for hydroxylation is 1. The van der Waals surface area contributed by atoms with E-state index in [9.17, 15) is 4.79 Å². The highest BCUT2D eigenvalue weighted by Gasteiger charge is 2.27. The van der Waals surface area contributed by atoms with Gasteiger partial charge in [0, 0.05) is 18.2 Å². The Morgan fingerprint density at radius 3 is 2.95 bits per heavy atom. The Morgan fingerprint density at radius 2 is 2.32 bits per heavy atom. The molecule has 0 spiro atoms. The first-order valence-corrected chi connectivity index (χ1v) is 6.65. The number of aliphatic hydroxyl groups excluding tert-OH is 1. The first-order chi connectivity index (χ1) is 9.13. The number of benzene rings is 1. The Labute approximate surface area is 114 Å². The molecule has 19 heavy (non-hydrogen) atoms. The molecule has 100 valence electrons. The van der Waals surface area contributed by atoms with Crippen LogP contribution in [-0.4, -0.2) is 35.1 Å². The second-order valence-electron chi connectivity index (χ2n) is 5.00. The molecule has 0 aliphatic carbocycles. The topological polar surface area (TPSA) is 40.5 Å². The number of hydrogen-bond acceptors (Lipinski definition) is 2. The normalized spacial score (nSPS) is 18.1. The fourth-order valence-corrected chi connectivity index (χ4v) is 2.47. The van der Waals surface area contributed by atoms with Crippen molar-refractivity contribution in [2.24, 2.45) is 0 Å². The molecule has 1 aliphatic rings. The van der Waals surface area contributed by atoms with Crippen molar-refractivity contribution in [2.75, 3.05) is 13.2 Å². The molecule has 0 radical (unpaired) electrons. The van der Waals surface area contributed by atoms with Crippen LogP contribution in [0, 0.1) is 18.8 Å². The molecular weight excluding hydrogens is 238 g/mol. The van der Waals surface area contributed by atoms with Crippen molar-refractivity contribution >= 4 is 5.91 Å². The SMILES string of the molecule is Cc1ccc(C(=O)N2CCCC2C)c(C#CCO)c1. The molecule has 0 saturated carbocycles. The summed E-state index contributed by atoms with van der Waals surface area (Å²) in [6.45, 7) is 4.68. The summed E-state index contributed by atoms with van der Waals surface area (Å²) in [7, 11) is 0. The Hall–Kier alpha value is -1.79. The van der Waals surface area contributed by atoms with E-state index in [0.717, 1.165) is 24.9 Å². The standard InChI is InChI=1S/C16H19NO2/c1-12-7-8-15(14(11-12)6-4-10-18)16(19)17-9-3-5-13(17)2/h7-8,11,13,18H,3,5,9-10H2,1-2H3. The zero-order valence-electron chi connectivity index (χ0n) is 11.4. The molecule has 1 N–H and O–H groups in total. The van der Waals surface area contributed by atoms with Crippen molar-refractivity contribution in [3.8, 4) is 11.8 Å². The number of carbonyl (C=O) groups excluding carboxylic acids is 1. The Bertz CT molecular complexity index is 539. The van der Waals surface area contributed by atoms with Crippen molar-refractivity contribution in [1.29, 1.82) is 0 Å². The summed E-state index contributed by atoms with van der Waals surface area (Å²) in [5, 5.41) is 8.81. The van der Waals surface area contributed by atoms with Crippen molar-refractivity contribution in [2.45, 2.75) is 32.7 Å². The quantitative estimate of drug-likeness (QED) is 0.781. The van der Waals surface area contributed by atoms with Gasteiger partial charge in [-0.15, -0.1) is 0 Å². The van der Waals surface area contributed by atoms with E-state index < -0.39 is 0 Å². The zero-order valence-corrected chi connectivity index (χ0v) is 11.4. The van der Waals surface area contributed by atoms with Gasteiger partial charge >= 0.3 is 0 Å². The Morgan fingerprint density at radius 1 is 1.53 bits per heavy atom. The molecule has 1 unspecified atom stereocenters. The van der Waals surface area contributed by atoms with Gasteiger partial charge in [-0.3, -0.25) is 4.79 Å². The van der Waals surface area contributed by atoms with E-state index in [4.69, 9.17) is 5.11 Å². The lowest BCUT2D eigenvalue weighted by molar-refractivity contribution is 0.0747. The highest BCUT2D eigenvalue weighted by atomic mass is 16.2. The average Bonchev–Trinajstić information content (AvgIpc) is 2.82. The Balaban J connectivity index is 2.35. The van der Waals surface area contributed by atoms with E-state index in [1.807, 2.05) is 30.0 Å². The molecule has 0 bridgehead atoms. The largest absolute Gasteiger partial charge is 0.384 e. The molecule has 1 aromatic carbocycles. The molecule has 1 aromatic rings. The van der Waals surface area contributed by atoms with Gasteiger partial charge in [-0.05, 0) is 44.4 Å². The van der Waals surface area contributed by atoms with Crippen LogP contribution in [0.5, 0.6) is 0 Å². The molecule has 3 heteroatoms. The fraction of sp³-hybridized carbons (Fsp3) is 0.438. The van der Waals surface area contributed by atoms with Gasteiger partial charge in [0.15, 0.2) is 0 Å². The number of hydrogen-bond donors (Lipinski definition) is 1. The molecule has 1 fully saturated rings. The van der Waals surface area contributed by atoms with E-state index in [2.05, 4.69) is 18.8 Å². The third kappa shape index (κ3) is 2.97. The van der Waals surface area contributed by atoms with Crippen LogP contribution in [0.1, 0.15) is 41.3 Å². The summed E-state index contributed by atoms with van der Waals surface area (Å²) in [6, 6.07) is 5.96. The van der Waals surface area contributed by atoms with Gasteiger partial charge in [0.2, 0.25) is 0 Å². The second kappa shape index (κ2) is 5.90. The highest BCUT2D eigenvalue weighted by molar-refractivity contribution is 5.97. The number of nitrogens with zero attached hydrogens (tertiary/aromatic N) is 1. The van der Waals surface area contributed by atoms with Crippen molar-refractivity contribution in [1.82, 2.24) is 4.90 Å². The third-order valence-electron chi connectivity index (χ3n) is 3.52. The number of aliphatic hydroxyl groups is 1. The molecule has 0 aromatic heterocycles. The summed E-state index contributed by atoms with van der Waals surface area (Å²) in [5.41, 5.74) is 2.41. The maximum Gasteiger partial charge on any atom is 0.255 e. The lowest BCUT2D eigenvalue weighted by Gasteiger charge is -2.22. The summed E-state index contributed by atoms with van der Waals surface area (Å²) in [6.07, 6.45) is 2.13. The van der Waals surface area contributed by atoms with Gasteiger partial charge in [0.25, 0.3) is 5.91 Å². The van der Waals surface area contributed by atoms with Gasteiger partial charge in [-0.2, -0.15) is 0 Å². The Kier molecular flexibility index (Phi) is 4.24. The van der Waals surface area contributed by atoms with Crippen LogP contribution in [-0.2, 0) is 0 Å². The maximum atomic E-state index is 12.5. The minimum Gasteiger partial charge on any atom is -0.384 e. The minimum atomic E-state index is -0.193. The highest BCUT2D eigenvalue weighted by Crippen LogP contribution is 2.21. The summed E-state index contributed by atoms with van der Waals surface area (Å²) in [4.78, 5) is 14.5. The van der Waals surface area contributed by atoms with Crippen LogP contribution >= 0.6 is 0 Å². The second-order valence-corrected chi connectivity index (χ2v) is 5.00. The van der Waals surface area contributed by atoms with Crippen molar-refractivity contribution in [3.05, 3.63) is 34.9 Å². The van der Waals surface area contributed by atoms with Crippen LogP contribution < -0.4 is 0 Å². The summed E-state index contributed by atoms with van der Waals surface area (Å²) in [5.74, 6) is 5.55. The summed E-state index contributed by atoms with van der Waals surface area (Å²) >= 11 is 0. The van der Waals surface area contributed by atoms with Gasteiger partial charge in [0.05, 0.1) is 5.56 Å². The number of carbonyl (C=O) groups is 1. The zero-order chi connectivity index (χ0) is 13.8. The van der Waals surface area contributed by atoms with Gasteiger partial charge in [-0.1, -0.05) is 17.9 Å². The number of rotatable bonds is 1. The van der Waals surface area contributed by atoms with E-state index in [1.165, 1.54) is 0 Å². The van der Waals surface area contributed by atoms with Crippen molar-refractivity contribution in [3.63, 3.8) is 0 Å². The summed E-state index contributed by atoms with van der Waals surface area (Å²) < 4.78 is 0. The maximum absolute atomic E-state index is 12.5. The first kappa shape index (κ1) is 13.6. The molecule has 1 aliphatic heterocycles. The molecule has 1 amide bonds. The van der Waals surface area contributed by atoms with Crippen molar-refractivity contribution < 1.29 is 9.90 Å². The fourth-order valence-electron chi connectivity index (χ4n) is 2.47. The van der Waals surface area contributed by atoms with Gasteiger partial charge in [-0.25, -0.2) is 0 Å². The van der Waals surface area contributed by atoms with E-state index in [1.54, 1.807) is 0 Å². The average molecular weight is 257 g/mol. The minimum absolute atomic E-state index is 0.0484. The predicted octanol–water partition coefficient (Wildman–Crippen LogP) is 1.96. The molecular formula is C16H19NO2. The molecule has 1 saturated heterocycles. The lowest BCUT2D eigenvalue weighted by atomic mass is 10.0. The molecule has 3 nitrogen and oxygen atoms in total. The molecule has 2 rings (SSSR count). The smallest absolute Gasteiger partial charge is 0.255 e. The number of likely N-dealkylation sites (tertiary alicyclic amines) is 1. The van der Waals surface area contributed by atoms with Crippen LogP contribution in [0.15, 0.2) is 18.2 Å². The van der Waals surface area contributed by atoms with Crippen LogP contribution in [0.2, 0.25) is 0 Å². The number of amides is 1. The third-order valence-corrected chi connectivity index (χ3v) is 3.52. The van der Waals surface area contributed by atoms with E-state index in [0.29, 0.717) is 17.2 Å². The van der Waals surface area contributed by atoms with E-state index in [-0.39, 0.29) is 12.5 Å². The van der Waals surface area contributed by atoms with E-state index >= 15 is 0 Å². The van der Waals surface area contributed by atoms with Crippen LogP contribution in [0.25, 0.3) is 0 Å². The lowest BCUT2D eigenvalue weighted by Crippen LogP contribution is -2.34. The molecule has 1 heterocycles. The van der Waals surface area contributed by atoms with Gasteiger partial charge in [0.1, 0.15) is 6.61 Å². The predicted molar refractivity (Wildman–Crippen MR) is 74.9 cm³/mol. The van der Waals surface area contributed by atoms with Gasteiger partial charge < -0.3 is 10.0 Å². The monoisotopic (exact) mass is 257 g/mol. The van der Waals surface area contributed by atoms with Crippen LogP contribution in [0.4, 0.5) is 0 Å². The molecule has 1 atom stereocenters. The van der Waals surface area contributed by atoms with Crippen LogP contribution in [0.3, 0.4) is 0 Å². The first-order valence-electron chi connectivity index (χ1n) is 6.65.